The van der Waals surface area contributed by atoms with E-state index in [0.717, 1.165) is 28.7 Å². The number of nitrogens with zero attached hydrogens (tertiary/aromatic N) is 1. The fourth-order valence-corrected chi connectivity index (χ4v) is 2.76. The summed E-state index contributed by atoms with van der Waals surface area (Å²) in [6.07, 6.45) is 0. The van der Waals surface area contributed by atoms with Crippen LogP contribution in [0.3, 0.4) is 0 Å². The molecule has 0 aromatic heterocycles. The molecule has 0 spiro atoms. The summed E-state index contributed by atoms with van der Waals surface area (Å²) in [4.78, 5) is 0. The average Bonchev–Trinajstić information content (AvgIpc) is 2.63. The first-order chi connectivity index (χ1) is 7.78. The highest BCUT2D eigenvalue weighted by molar-refractivity contribution is 6.36. The molecule has 17 heavy (non-hydrogen) atoms. The summed E-state index contributed by atoms with van der Waals surface area (Å²) in [7, 11) is 2.12. The molecule has 5 heteroatoms. The summed E-state index contributed by atoms with van der Waals surface area (Å²) in [6, 6.07) is 0.416. The Labute approximate surface area is 111 Å². The quantitative estimate of drug-likeness (QED) is 0.611. The minimum absolute atomic E-state index is 0.226. The van der Waals surface area contributed by atoms with Gasteiger partial charge in [-0.25, -0.2) is 0 Å². The highest BCUT2D eigenvalue weighted by Gasteiger charge is 2.39. The van der Waals surface area contributed by atoms with Gasteiger partial charge >= 0.3 is 0 Å². The van der Waals surface area contributed by atoms with Gasteiger partial charge in [-0.3, -0.25) is 0 Å². The SMILES string of the molecule is CC(C)[N+]1(C)Cc2c(Cl)c(O)c(O)c(Cl)c2C1. The topological polar surface area (TPSA) is 40.5 Å². The number of aromatic hydroxyl groups is 2. The van der Waals surface area contributed by atoms with Gasteiger partial charge in [0, 0.05) is 11.1 Å². The Morgan fingerprint density at radius 3 is 1.65 bits per heavy atom. The predicted molar refractivity (Wildman–Crippen MR) is 68.5 cm³/mol. The van der Waals surface area contributed by atoms with E-state index in [1.165, 1.54) is 0 Å². The van der Waals surface area contributed by atoms with Crippen LogP contribution in [0.25, 0.3) is 0 Å². The third-order valence-corrected chi connectivity index (χ3v) is 4.63. The van der Waals surface area contributed by atoms with Crippen LogP contribution in [-0.4, -0.2) is 27.8 Å². The molecule has 0 aliphatic carbocycles. The molecule has 0 saturated carbocycles. The number of hydrogen-bond donors (Lipinski definition) is 2. The van der Waals surface area contributed by atoms with Gasteiger partial charge in [-0.2, -0.15) is 0 Å². The number of fused-ring (bicyclic) bond motifs is 1. The second kappa shape index (κ2) is 3.94. The first kappa shape index (κ1) is 12.8. The van der Waals surface area contributed by atoms with Crippen molar-refractivity contribution in [3.63, 3.8) is 0 Å². The Morgan fingerprint density at radius 1 is 1.00 bits per heavy atom. The van der Waals surface area contributed by atoms with Crippen molar-refractivity contribution in [1.29, 1.82) is 0 Å². The third-order valence-electron chi connectivity index (χ3n) is 3.82. The number of benzene rings is 1. The van der Waals surface area contributed by atoms with Crippen LogP contribution in [-0.2, 0) is 13.1 Å². The lowest BCUT2D eigenvalue weighted by atomic mass is 10.1. The first-order valence-electron chi connectivity index (χ1n) is 5.52. The summed E-state index contributed by atoms with van der Waals surface area (Å²) in [5.41, 5.74) is 1.70. The second-order valence-electron chi connectivity index (χ2n) is 5.17. The van der Waals surface area contributed by atoms with Crippen molar-refractivity contribution in [1.82, 2.24) is 0 Å². The molecule has 2 N–H and O–H groups in total. The lowest BCUT2D eigenvalue weighted by Crippen LogP contribution is -2.44. The second-order valence-corrected chi connectivity index (χ2v) is 5.93. The van der Waals surface area contributed by atoms with Gasteiger partial charge in [0.25, 0.3) is 0 Å². The van der Waals surface area contributed by atoms with Crippen molar-refractivity contribution < 1.29 is 14.7 Å². The van der Waals surface area contributed by atoms with Crippen LogP contribution in [0, 0.1) is 0 Å². The molecule has 1 heterocycles. The molecule has 2 rings (SSSR count). The Kier molecular flexibility index (Phi) is 2.97. The van der Waals surface area contributed by atoms with E-state index in [0.29, 0.717) is 6.04 Å². The molecule has 0 amide bonds. The largest absolute Gasteiger partial charge is 0.503 e. The van der Waals surface area contributed by atoms with Crippen molar-refractivity contribution in [2.75, 3.05) is 7.05 Å². The minimum atomic E-state index is -0.312. The van der Waals surface area contributed by atoms with Crippen molar-refractivity contribution in [2.45, 2.75) is 33.0 Å². The van der Waals surface area contributed by atoms with Crippen molar-refractivity contribution in [2.24, 2.45) is 0 Å². The van der Waals surface area contributed by atoms with Crippen LogP contribution in [0.2, 0.25) is 10.0 Å². The van der Waals surface area contributed by atoms with E-state index in [4.69, 9.17) is 23.2 Å². The van der Waals surface area contributed by atoms with Crippen LogP contribution in [0.4, 0.5) is 0 Å². The van der Waals surface area contributed by atoms with Gasteiger partial charge in [0.15, 0.2) is 11.5 Å². The van der Waals surface area contributed by atoms with Crippen LogP contribution >= 0.6 is 23.2 Å². The Hall–Kier alpha value is -0.640. The lowest BCUT2D eigenvalue weighted by molar-refractivity contribution is -0.948. The molecule has 3 nitrogen and oxygen atoms in total. The fraction of sp³-hybridized carbons (Fsp3) is 0.500. The van der Waals surface area contributed by atoms with Gasteiger partial charge in [-0.15, -0.1) is 0 Å². The molecule has 0 unspecified atom stereocenters. The molecule has 0 fully saturated rings. The molecule has 0 atom stereocenters. The highest BCUT2D eigenvalue weighted by Crippen LogP contribution is 2.49. The van der Waals surface area contributed by atoms with Crippen LogP contribution in [0.15, 0.2) is 0 Å². The van der Waals surface area contributed by atoms with E-state index in [9.17, 15) is 10.2 Å². The minimum Gasteiger partial charge on any atom is -0.503 e. The first-order valence-corrected chi connectivity index (χ1v) is 6.28. The monoisotopic (exact) mass is 276 g/mol. The molecule has 0 radical (unpaired) electrons. The third kappa shape index (κ3) is 1.77. The molecule has 0 saturated heterocycles. The summed E-state index contributed by atoms with van der Waals surface area (Å²) in [5, 5.41) is 19.8. The number of phenolic OH excluding ortho intramolecular Hbond substituents is 2. The lowest BCUT2D eigenvalue weighted by Gasteiger charge is -2.33. The average molecular weight is 277 g/mol. The number of halogens is 2. The van der Waals surface area contributed by atoms with Gasteiger partial charge < -0.3 is 14.7 Å². The maximum Gasteiger partial charge on any atom is 0.178 e. The fourth-order valence-electron chi connectivity index (χ4n) is 2.23. The Morgan fingerprint density at radius 2 is 1.35 bits per heavy atom. The van der Waals surface area contributed by atoms with Crippen LogP contribution in [0.1, 0.15) is 25.0 Å². The van der Waals surface area contributed by atoms with Crippen LogP contribution in [0.5, 0.6) is 11.5 Å². The standard InChI is InChI=1S/C12H15Cl2NO2/c1-6(2)15(3)4-7-8(5-15)10(14)12(17)11(16)9(7)13/h6H,4-5H2,1-3H3,(H-,16,17)/p+1. The van der Waals surface area contributed by atoms with Crippen LogP contribution < -0.4 is 0 Å². The molecular weight excluding hydrogens is 261 g/mol. The van der Waals surface area contributed by atoms with E-state index in [1.54, 1.807) is 0 Å². The molecular formula is C12H16Cl2NO2+. The predicted octanol–water partition coefficient (Wildman–Crippen LogP) is 3.27. The van der Waals surface area contributed by atoms with Crippen molar-refractivity contribution in [3.8, 4) is 11.5 Å². The van der Waals surface area contributed by atoms with Crippen molar-refractivity contribution in [3.05, 3.63) is 21.2 Å². The summed E-state index contributed by atoms with van der Waals surface area (Å²) in [6.45, 7) is 5.71. The summed E-state index contributed by atoms with van der Waals surface area (Å²) in [5.74, 6) is -0.625. The molecule has 94 valence electrons. The van der Waals surface area contributed by atoms with E-state index in [2.05, 4.69) is 20.9 Å². The number of phenols is 2. The van der Waals surface area contributed by atoms with Gasteiger partial charge in [0.2, 0.25) is 0 Å². The van der Waals surface area contributed by atoms with Gasteiger partial charge in [-0.1, -0.05) is 23.2 Å². The number of hydrogen-bond acceptors (Lipinski definition) is 2. The van der Waals surface area contributed by atoms with E-state index in [-0.39, 0.29) is 21.5 Å². The Bertz CT molecular complexity index is 449. The van der Waals surface area contributed by atoms with E-state index < -0.39 is 0 Å². The zero-order chi connectivity index (χ0) is 13.0. The molecule has 1 aromatic carbocycles. The molecule has 1 aromatic rings. The Balaban J connectivity index is 2.60. The molecule has 1 aliphatic heterocycles. The zero-order valence-electron chi connectivity index (χ0n) is 10.1. The van der Waals surface area contributed by atoms with Crippen molar-refractivity contribution >= 4 is 23.2 Å². The normalized spacial score (nSPS) is 17.5. The molecule has 0 bridgehead atoms. The van der Waals surface area contributed by atoms with E-state index >= 15 is 0 Å². The smallest absolute Gasteiger partial charge is 0.178 e. The zero-order valence-corrected chi connectivity index (χ0v) is 11.6. The maximum atomic E-state index is 9.69. The number of rotatable bonds is 1. The van der Waals surface area contributed by atoms with E-state index in [1.807, 2.05) is 0 Å². The summed E-state index contributed by atoms with van der Waals surface area (Å²) >= 11 is 12.1. The van der Waals surface area contributed by atoms with Gasteiger partial charge in [-0.05, 0) is 13.8 Å². The van der Waals surface area contributed by atoms with Gasteiger partial charge in [0.1, 0.15) is 13.1 Å². The summed E-state index contributed by atoms with van der Waals surface area (Å²) < 4.78 is 0.775. The molecule has 1 aliphatic rings. The van der Waals surface area contributed by atoms with Gasteiger partial charge in [0.05, 0.1) is 23.1 Å². The number of quaternary nitrogens is 1. The maximum absolute atomic E-state index is 9.69. The highest BCUT2D eigenvalue weighted by atomic mass is 35.5.